The van der Waals surface area contributed by atoms with Crippen LogP contribution in [-0.2, 0) is 25.7 Å². The predicted molar refractivity (Wildman–Crippen MR) is 114 cm³/mol. The maximum absolute atomic E-state index is 13.0. The van der Waals surface area contributed by atoms with Gasteiger partial charge in [-0.2, -0.15) is 18.3 Å². The van der Waals surface area contributed by atoms with E-state index >= 15 is 0 Å². The van der Waals surface area contributed by atoms with Gasteiger partial charge in [0.05, 0.1) is 23.9 Å². The zero-order valence-corrected chi connectivity index (χ0v) is 17.8. The fourth-order valence-electron chi connectivity index (χ4n) is 3.64. The molecule has 7 nitrogen and oxygen atoms in total. The molecule has 0 amide bonds. The summed E-state index contributed by atoms with van der Waals surface area (Å²) in [4.78, 5) is 25.1. The predicted octanol–water partition coefficient (Wildman–Crippen LogP) is 4.41. The summed E-state index contributed by atoms with van der Waals surface area (Å²) in [5.41, 5.74) is 0.929. The van der Waals surface area contributed by atoms with Gasteiger partial charge in [0.25, 0.3) is 5.56 Å². The van der Waals surface area contributed by atoms with E-state index in [1.165, 1.54) is 10.7 Å². The molecule has 0 saturated carbocycles. The molecule has 0 aliphatic heterocycles. The largest absolute Gasteiger partial charge is 0.416 e. The smallest absolute Gasteiger partial charge is 0.332 e. The summed E-state index contributed by atoms with van der Waals surface area (Å²) in [5, 5.41) is 4.24. The molecule has 3 aromatic heterocycles. The fraction of sp³-hybridized carbons (Fsp3) is 0.364. The van der Waals surface area contributed by atoms with E-state index in [1.807, 2.05) is 13.8 Å². The Labute approximate surface area is 181 Å². The first kappa shape index (κ1) is 21.8. The van der Waals surface area contributed by atoms with Crippen LogP contribution >= 0.6 is 0 Å². The third-order valence-electron chi connectivity index (χ3n) is 5.12. The summed E-state index contributed by atoms with van der Waals surface area (Å²) < 4.78 is 42.1. The highest BCUT2D eigenvalue weighted by Crippen LogP contribution is 2.29. The van der Waals surface area contributed by atoms with E-state index in [-0.39, 0.29) is 12.1 Å². The van der Waals surface area contributed by atoms with Crippen molar-refractivity contribution in [2.45, 2.75) is 52.4 Å². The van der Waals surface area contributed by atoms with Crippen LogP contribution < -0.4 is 5.56 Å². The summed E-state index contributed by atoms with van der Waals surface area (Å²) in [6.45, 7) is 4.79. The third-order valence-corrected chi connectivity index (χ3v) is 5.12. The molecule has 1 aromatic carbocycles. The third kappa shape index (κ3) is 4.30. The van der Waals surface area contributed by atoms with Crippen LogP contribution in [0.25, 0.3) is 22.6 Å². The van der Waals surface area contributed by atoms with Gasteiger partial charge in [0, 0.05) is 19.2 Å². The van der Waals surface area contributed by atoms with Gasteiger partial charge < -0.3 is 4.98 Å². The molecule has 0 aliphatic carbocycles. The van der Waals surface area contributed by atoms with Crippen LogP contribution in [0.1, 0.15) is 43.6 Å². The van der Waals surface area contributed by atoms with Crippen LogP contribution in [0.3, 0.4) is 0 Å². The van der Waals surface area contributed by atoms with Gasteiger partial charge in [0.1, 0.15) is 11.6 Å². The summed E-state index contributed by atoms with van der Waals surface area (Å²) in [6, 6.07) is 5.14. The molecule has 0 saturated heterocycles. The van der Waals surface area contributed by atoms with Crippen LogP contribution in [0.5, 0.6) is 0 Å². The normalized spacial score (nSPS) is 12.0. The van der Waals surface area contributed by atoms with Gasteiger partial charge in [-0.3, -0.25) is 14.0 Å². The van der Waals surface area contributed by atoms with Gasteiger partial charge >= 0.3 is 6.18 Å². The number of nitrogens with one attached hydrogen (secondary N) is 1. The molecule has 3 heterocycles. The lowest BCUT2D eigenvalue weighted by molar-refractivity contribution is -0.137. The molecule has 4 aromatic rings. The standard InChI is InChI=1S/C22H23F3N6O/c1-3-6-17-27-20-18(21(32)31(17)9-4-2)28-19(29-20)15-11-26-30(13-15)12-14-7-5-8-16(10-14)22(23,24)25/h5,7-8,10-11,13H,3-4,6,9,12H2,1-2H3,(H,28,29). The number of aromatic amines is 1. The van der Waals surface area contributed by atoms with E-state index in [0.29, 0.717) is 46.9 Å². The van der Waals surface area contributed by atoms with Crippen LogP contribution in [0.15, 0.2) is 41.5 Å². The van der Waals surface area contributed by atoms with Crippen LogP contribution in [0, 0.1) is 0 Å². The second-order valence-corrected chi connectivity index (χ2v) is 7.64. The van der Waals surface area contributed by atoms with Crippen molar-refractivity contribution in [2.24, 2.45) is 0 Å². The zero-order chi connectivity index (χ0) is 22.9. The number of aryl methyl sites for hydroxylation is 1. The van der Waals surface area contributed by atoms with E-state index in [4.69, 9.17) is 0 Å². The van der Waals surface area contributed by atoms with Gasteiger partial charge in [0.2, 0.25) is 0 Å². The number of alkyl halides is 3. The van der Waals surface area contributed by atoms with Gasteiger partial charge in [-0.15, -0.1) is 0 Å². The van der Waals surface area contributed by atoms with Crippen LogP contribution in [0.4, 0.5) is 13.2 Å². The van der Waals surface area contributed by atoms with Crippen LogP contribution in [-0.4, -0.2) is 29.3 Å². The number of fused-ring (bicyclic) bond motifs is 1. The van der Waals surface area contributed by atoms with Crippen molar-refractivity contribution in [1.82, 2.24) is 29.3 Å². The van der Waals surface area contributed by atoms with E-state index in [9.17, 15) is 18.0 Å². The van der Waals surface area contributed by atoms with Gasteiger partial charge in [-0.25, -0.2) is 9.97 Å². The highest BCUT2D eigenvalue weighted by atomic mass is 19.4. The Balaban J connectivity index is 1.65. The maximum Gasteiger partial charge on any atom is 0.416 e. The van der Waals surface area contributed by atoms with Crippen molar-refractivity contribution in [1.29, 1.82) is 0 Å². The molecular formula is C22H23F3N6O. The van der Waals surface area contributed by atoms with Gasteiger partial charge in [0.15, 0.2) is 11.2 Å². The summed E-state index contributed by atoms with van der Waals surface area (Å²) in [5.74, 6) is 1.15. The molecule has 0 spiro atoms. The fourth-order valence-corrected chi connectivity index (χ4v) is 3.64. The lowest BCUT2D eigenvalue weighted by Gasteiger charge is -2.09. The molecule has 0 fully saturated rings. The molecule has 0 aliphatic rings. The minimum absolute atomic E-state index is 0.157. The topological polar surface area (TPSA) is 81.4 Å². The molecule has 32 heavy (non-hydrogen) atoms. The van der Waals surface area contributed by atoms with Crippen molar-refractivity contribution in [2.75, 3.05) is 0 Å². The Morgan fingerprint density at radius 2 is 1.94 bits per heavy atom. The average Bonchev–Trinajstić information content (AvgIpc) is 3.38. The molecule has 0 bridgehead atoms. The molecule has 4 rings (SSSR count). The van der Waals surface area contributed by atoms with Crippen molar-refractivity contribution in [3.63, 3.8) is 0 Å². The first-order valence-corrected chi connectivity index (χ1v) is 10.5. The molecule has 0 atom stereocenters. The maximum atomic E-state index is 13.0. The number of halogens is 3. The van der Waals surface area contributed by atoms with Crippen molar-refractivity contribution in [3.05, 3.63) is 64.0 Å². The summed E-state index contributed by atoms with van der Waals surface area (Å²) in [6.07, 6.45) is 1.20. The Bertz CT molecular complexity index is 1300. The van der Waals surface area contributed by atoms with Crippen molar-refractivity contribution >= 4 is 11.2 Å². The monoisotopic (exact) mass is 444 g/mol. The SMILES string of the molecule is CCCc1nc2nc(-c3cnn(Cc4cccc(C(F)(F)F)c4)c3)[nH]c2c(=O)n1CCC. The van der Waals surface area contributed by atoms with Gasteiger partial charge in [-0.1, -0.05) is 26.0 Å². The number of nitrogens with zero attached hydrogens (tertiary/aromatic N) is 5. The summed E-state index contributed by atoms with van der Waals surface area (Å²) in [7, 11) is 0. The highest BCUT2D eigenvalue weighted by Gasteiger charge is 2.30. The number of H-pyrrole nitrogens is 1. The molecule has 0 radical (unpaired) electrons. The number of aromatic nitrogens is 6. The number of imidazole rings is 1. The molecule has 1 N–H and O–H groups in total. The van der Waals surface area contributed by atoms with Crippen LogP contribution in [0.2, 0.25) is 0 Å². The lowest BCUT2D eigenvalue weighted by atomic mass is 10.1. The van der Waals surface area contributed by atoms with Crippen molar-refractivity contribution in [3.8, 4) is 11.4 Å². The van der Waals surface area contributed by atoms with Crippen molar-refractivity contribution < 1.29 is 13.2 Å². The first-order chi connectivity index (χ1) is 15.3. The Morgan fingerprint density at radius 3 is 2.66 bits per heavy atom. The zero-order valence-electron chi connectivity index (χ0n) is 17.8. The van der Waals surface area contributed by atoms with E-state index in [2.05, 4.69) is 20.1 Å². The van der Waals surface area contributed by atoms with Gasteiger partial charge in [-0.05, 0) is 30.5 Å². The minimum atomic E-state index is -4.39. The number of hydrogen-bond donors (Lipinski definition) is 1. The number of hydrogen-bond acceptors (Lipinski definition) is 4. The summed E-state index contributed by atoms with van der Waals surface area (Å²) >= 11 is 0. The molecular weight excluding hydrogens is 421 g/mol. The average molecular weight is 444 g/mol. The molecule has 0 unspecified atom stereocenters. The van der Waals surface area contributed by atoms with E-state index in [1.54, 1.807) is 23.0 Å². The van der Waals surface area contributed by atoms with E-state index < -0.39 is 11.7 Å². The molecule has 168 valence electrons. The van der Waals surface area contributed by atoms with E-state index in [0.717, 1.165) is 25.0 Å². The number of rotatable bonds is 7. The highest BCUT2D eigenvalue weighted by molar-refractivity contribution is 5.74. The quantitative estimate of drug-likeness (QED) is 0.458. The first-order valence-electron chi connectivity index (χ1n) is 10.5. The minimum Gasteiger partial charge on any atom is -0.332 e. The number of benzene rings is 1. The Hall–Kier alpha value is -3.43. The Morgan fingerprint density at radius 1 is 1.12 bits per heavy atom. The second kappa shape index (κ2) is 8.60. The molecule has 10 heteroatoms. The second-order valence-electron chi connectivity index (χ2n) is 7.64. The lowest BCUT2D eigenvalue weighted by Crippen LogP contribution is -2.25. The Kier molecular flexibility index (Phi) is 5.86.